The second-order valence-corrected chi connectivity index (χ2v) is 4.43. The number of ether oxygens (including phenoxy) is 1. The molecule has 0 aliphatic carbocycles. The maximum absolute atomic E-state index is 5.23. The van der Waals surface area contributed by atoms with Gasteiger partial charge in [-0.2, -0.15) is 0 Å². The molecule has 0 radical (unpaired) electrons. The summed E-state index contributed by atoms with van der Waals surface area (Å²) in [6, 6.07) is 4.81. The average molecular weight is 219 g/mol. The molecule has 2 aliphatic rings. The van der Waals surface area contributed by atoms with Crippen LogP contribution in [0.1, 0.15) is 0 Å². The smallest absolute Gasteiger partial charge is 0.0645 e. The SMILES string of the molecule is c1cncc(N2CCN(C3COC3)CC2)c1. The van der Waals surface area contributed by atoms with E-state index in [1.54, 1.807) is 0 Å². The van der Waals surface area contributed by atoms with E-state index in [0.717, 1.165) is 39.4 Å². The molecule has 0 unspecified atom stereocenters. The number of nitrogens with zero attached hydrogens (tertiary/aromatic N) is 3. The lowest BCUT2D eigenvalue weighted by molar-refractivity contribution is -0.0660. The molecule has 2 aliphatic heterocycles. The van der Waals surface area contributed by atoms with Crippen molar-refractivity contribution in [3.05, 3.63) is 24.5 Å². The Bertz CT molecular complexity index is 331. The quantitative estimate of drug-likeness (QED) is 0.728. The molecule has 0 spiro atoms. The molecule has 0 saturated carbocycles. The van der Waals surface area contributed by atoms with E-state index in [9.17, 15) is 0 Å². The Labute approximate surface area is 95.8 Å². The predicted molar refractivity (Wildman–Crippen MR) is 62.6 cm³/mol. The van der Waals surface area contributed by atoms with Gasteiger partial charge in [0, 0.05) is 32.4 Å². The Kier molecular flexibility index (Phi) is 2.76. The monoisotopic (exact) mass is 219 g/mol. The molecule has 4 heteroatoms. The summed E-state index contributed by atoms with van der Waals surface area (Å²) in [6.07, 6.45) is 3.77. The highest BCUT2D eigenvalue weighted by molar-refractivity contribution is 5.44. The highest BCUT2D eigenvalue weighted by atomic mass is 16.5. The normalized spacial score (nSPS) is 23.1. The topological polar surface area (TPSA) is 28.6 Å². The van der Waals surface area contributed by atoms with Gasteiger partial charge in [-0.1, -0.05) is 0 Å². The first-order valence-corrected chi connectivity index (χ1v) is 5.90. The standard InChI is InChI=1S/C12H17N3O/c1-2-11(8-13-3-1)14-4-6-15(7-5-14)12-9-16-10-12/h1-3,8,12H,4-7,9-10H2. The van der Waals surface area contributed by atoms with Crippen molar-refractivity contribution >= 4 is 5.69 Å². The van der Waals surface area contributed by atoms with Crippen molar-refractivity contribution in [1.82, 2.24) is 9.88 Å². The summed E-state index contributed by atoms with van der Waals surface area (Å²) >= 11 is 0. The Balaban J connectivity index is 1.58. The van der Waals surface area contributed by atoms with Gasteiger partial charge < -0.3 is 9.64 Å². The van der Waals surface area contributed by atoms with Crippen LogP contribution < -0.4 is 4.90 Å². The first kappa shape index (κ1) is 10.1. The van der Waals surface area contributed by atoms with Gasteiger partial charge in [-0.25, -0.2) is 0 Å². The van der Waals surface area contributed by atoms with Gasteiger partial charge in [0.1, 0.15) is 0 Å². The zero-order valence-electron chi connectivity index (χ0n) is 9.38. The molecule has 0 amide bonds. The van der Waals surface area contributed by atoms with Crippen molar-refractivity contribution in [3.8, 4) is 0 Å². The van der Waals surface area contributed by atoms with Crippen molar-refractivity contribution < 1.29 is 4.74 Å². The van der Waals surface area contributed by atoms with Crippen molar-refractivity contribution in [3.63, 3.8) is 0 Å². The molecule has 1 aromatic heterocycles. The summed E-state index contributed by atoms with van der Waals surface area (Å²) in [5, 5.41) is 0. The highest BCUT2D eigenvalue weighted by Gasteiger charge is 2.28. The van der Waals surface area contributed by atoms with E-state index >= 15 is 0 Å². The minimum absolute atomic E-state index is 0.677. The lowest BCUT2D eigenvalue weighted by atomic mass is 10.2. The summed E-state index contributed by atoms with van der Waals surface area (Å²) in [7, 11) is 0. The predicted octanol–water partition coefficient (Wildman–Crippen LogP) is 0.602. The molecule has 4 nitrogen and oxygen atoms in total. The molecule has 16 heavy (non-hydrogen) atoms. The third kappa shape index (κ3) is 1.90. The second kappa shape index (κ2) is 4.39. The summed E-state index contributed by atoms with van der Waals surface area (Å²) in [5.74, 6) is 0. The van der Waals surface area contributed by atoms with Crippen LogP contribution in [0.2, 0.25) is 0 Å². The number of piperazine rings is 1. The van der Waals surface area contributed by atoms with Gasteiger partial charge in [0.05, 0.1) is 31.1 Å². The number of rotatable bonds is 2. The number of hydrogen-bond donors (Lipinski definition) is 0. The molecule has 0 atom stereocenters. The third-order valence-electron chi connectivity index (χ3n) is 3.46. The van der Waals surface area contributed by atoms with Gasteiger partial charge in [0.25, 0.3) is 0 Å². The van der Waals surface area contributed by atoms with E-state index in [0.29, 0.717) is 6.04 Å². The first-order valence-electron chi connectivity index (χ1n) is 5.90. The van der Waals surface area contributed by atoms with Gasteiger partial charge in [0.2, 0.25) is 0 Å². The minimum Gasteiger partial charge on any atom is -0.378 e. The summed E-state index contributed by atoms with van der Waals surface area (Å²) < 4.78 is 5.23. The van der Waals surface area contributed by atoms with E-state index in [1.165, 1.54) is 5.69 Å². The van der Waals surface area contributed by atoms with Crippen LogP contribution in [-0.2, 0) is 4.74 Å². The van der Waals surface area contributed by atoms with Crippen LogP contribution in [0.5, 0.6) is 0 Å². The van der Waals surface area contributed by atoms with Gasteiger partial charge in [-0.15, -0.1) is 0 Å². The van der Waals surface area contributed by atoms with E-state index in [1.807, 2.05) is 18.5 Å². The molecule has 0 N–H and O–H groups in total. The van der Waals surface area contributed by atoms with Crippen molar-refractivity contribution in [2.24, 2.45) is 0 Å². The first-order chi connectivity index (χ1) is 7.93. The zero-order chi connectivity index (χ0) is 10.8. The fraction of sp³-hybridized carbons (Fsp3) is 0.583. The van der Waals surface area contributed by atoms with Crippen molar-refractivity contribution in [2.45, 2.75) is 6.04 Å². The maximum atomic E-state index is 5.23. The van der Waals surface area contributed by atoms with Crippen LogP contribution in [0.4, 0.5) is 5.69 Å². The van der Waals surface area contributed by atoms with Gasteiger partial charge >= 0.3 is 0 Å². The number of pyridine rings is 1. The lowest BCUT2D eigenvalue weighted by Crippen LogP contribution is -2.56. The molecule has 2 saturated heterocycles. The number of hydrogen-bond acceptors (Lipinski definition) is 4. The largest absolute Gasteiger partial charge is 0.378 e. The molecular formula is C12H17N3O. The molecule has 0 bridgehead atoms. The molecule has 0 aromatic carbocycles. The molecule has 86 valence electrons. The Morgan fingerprint density at radius 1 is 1.19 bits per heavy atom. The van der Waals surface area contributed by atoms with E-state index < -0.39 is 0 Å². The van der Waals surface area contributed by atoms with Crippen molar-refractivity contribution in [1.29, 1.82) is 0 Å². The maximum Gasteiger partial charge on any atom is 0.0645 e. The Morgan fingerprint density at radius 3 is 2.56 bits per heavy atom. The van der Waals surface area contributed by atoms with Crippen LogP contribution in [0.3, 0.4) is 0 Å². The van der Waals surface area contributed by atoms with Crippen LogP contribution in [0.25, 0.3) is 0 Å². The van der Waals surface area contributed by atoms with Crippen LogP contribution >= 0.6 is 0 Å². The Morgan fingerprint density at radius 2 is 2.00 bits per heavy atom. The van der Waals surface area contributed by atoms with Crippen LogP contribution in [0.15, 0.2) is 24.5 Å². The summed E-state index contributed by atoms with van der Waals surface area (Å²) in [6.45, 7) is 6.33. The fourth-order valence-corrected chi connectivity index (χ4v) is 2.32. The second-order valence-electron chi connectivity index (χ2n) is 4.43. The van der Waals surface area contributed by atoms with E-state index in [-0.39, 0.29) is 0 Å². The summed E-state index contributed by atoms with van der Waals surface area (Å²) in [5.41, 5.74) is 1.24. The van der Waals surface area contributed by atoms with E-state index in [4.69, 9.17) is 4.74 Å². The minimum atomic E-state index is 0.677. The zero-order valence-corrected chi connectivity index (χ0v) is 9.38. The average Bonchev–Trinajstić information content (AvgIpc) is 2.29. The Hall–Kier alpha value is -1.13. The molecule has 3 heterocycles. The molecule has 3 rings (SSSR count). The van der Waals surface area contributed by atoms with Gasteiger partial charge in [-0.3, -0.25) is 9.88 Å². The van der Waals surface area contributed by atoms with Crippen molar-refractivity contribution in [2.75, 3.05) is 44.3 Å². The lowest BCUT2D eigenvalue weighted by Gasteiger charge is -2.43. The molecule has 2 fully saturated rings. The number of aromatic nitrogens is 1. The van der Waals surface area contributed by atoms with Gasteiger partial charge in [0.15, 0.2) is 0 Å². The number of anilines is 1. The fourth-order valence-electron chi connectivity index (χ4n) is 2.32. The molecule has 1 aromatic rings. The van der Waals surface area contributed by atoms with Crippen LogP contribution in [0, 0.1) is 0 Å². The highest BCUT2D eigenvalue weighted by Crippen LogP contribution is 2.17. The summed E-state index contributed by atoms with van der Waals surface area (Å²) in [4.78, 5) is 9.11. The van der Waals surface area contributed by atoms with Gasteiger partial charge in [-0.05, 0) is 12.1 Å². The molecular weight excluding hydrogens is 202 g/mol. The third-order valence-corrected chi connectivity index (χ3v) is 3.46. The van der Waals surface area contributed by atoms with Crippen LogP contribution in [-0.4, -0.2) is 55.3 Å². The van der Waals surface area contributed by atoms with E-state index in [2.05, 4.69) is 20.9 Å².